The first-order valence-corrected chi connectivity index (χ1v) is 13.0. The first-order chi connectivity index (χ1) is 16.4. The van der Waals surface area contributed by atoms with Crippen LogP contribution in [0.2, 0.25) is 0 Å². The number of fused-ring (bicyclic) bond motifs is 1. The molecule has 3 aromatic carbocycles. The Morgan fingerprint density at radius 2 is 1.59 bits per heavy atom. The normalized spacial score (nSPS) is 17.2. The third kappa shape index (κ3) is 3.94. The van der Waals surface area contributed by atoms with E-state index in [9.17, 15) is 13.2 Å². The predicted octanol–water partition coefficient (Wildman–Crippen LogP) is 4.81. The van der Waals surface area contributed by atoms with E-state index in [1.54, 1.807) is 36.4 Å². The molecule has 3 aromatic rings. The Kier molecular flexibility index (Phi) is 5.81. The minimum atomic E-state index is -3.82. The monoisotopic (exact) mass is 476 g/mol. The molecule has 176 valence electrons. The van der Waals surface area contributed by atoms with Crippen molar-refractivity contribution >= 4 is 21.6 Å². The molecule has 0 spiro atoms. The van der Waals surface area contributed by atoms with Crippen LogP contribution in [0.25, 0.3) is 0 Å². The minimum Gasteiger partial charge on any atom is -0.495 e. The van der Waals surface area contributed by atoms with Crippen LogP contribution in [0.3, 0.4) is 0 Å². The molecular weight excluding hydrogens is 448 g/mol. The van der Waals surface area contributed by atoms with Gasteiger partial charge in [-0.05, 0) is 73.2 Å². The van der Waals surface area contributed by atoms with E-state index >= 15 is 0 Å². The highest BCUT2D eigenvalue weighted by molar-refractivity contribution is 7.92. The maximum absolute atomic E-state index is 13.6. The molecule has 1 amide bonds. The lowest BCUT2D eigenvalue weighted by Crippen LogP contribution is -2.36. The van der Waals surface area contributed by atoms with E-state index in [4.69, 9.17) is 4.74 Å². The van der Waals surface area contributed by atoms with Gasteiger partial charge in [-0.15, -0.1) is 0 Å². The third-order valence-electron chi connectivity index (χ3n) is 6.80. The summed E-state index contributed by atoms with van der Waals surface area (Å²) in [6.45, 7) is 0. The summed E-state index contributed by atoms with van der Waals surface area (Å²) in [5.41, 5.74) is 3.51. The van der Waals surface area contributed by atoms with Crippen LogP contribution in [-0.2, 0) is 16.4 Å². The number of aryl methyl sites for hydroxylation is 1. The molecule has 0 saturated heterocycles. The topological polar surface area (TPSA) is 66.9 Å². The molecule has 1 fully saturated rings. The number of benzene rings is 3. The standard InChI is InChI=1S/C27H28N2O4S/c1-28(25-9-5-6-10-26(25)33-2)34(31,32)22-16-11-20(12-17-22)27(30)29(21-14-15-21)24-18-13-19-7-3-4-8-23(19)24/h3-12,16-17,21,24H,13-15,18H2,1-2H3. The van der Waals surface area contributed by atoms with Crippen LogP contribution < -0.4 is 9.04 Å². The van der Waals surface area contributed by atoms with Gasteiger partial charge in [0, 0.05) is 18.7 Å². The Balaban J connectivity index is 1.41. The molecule has 2 aliphatic rings. The lowest BCUT2D eigenvalue weighted by atomic mass is 10.1. The van der Waals surface area contributed by atoms with Gasteiger partial charge in [0.1, 0.15) is 5.75 Å². The van der Waals surface area contributed by atoms with Crippen molar-refractivity contribution in [2.45, 2.75) is 42.7 Å². The summed E-state index contributed by atoms with van der Waals surface area (Å²) in [6, 6.07) is 21.9. The molecule has 1 saturated carbocycles. The van der Waals surface area contributed by atoms with Crippen LogP contribution in [0.4, 0.5) is 5.69 Å². The van der Waals surface area contributed by atoms with Gasteiger partial charge in [0.2, 0.25) is 0 Å². The molecule has 6 nitrogen and oxygen atoms in total. The fourth-order valence-electron chi connectivity index (χ4n) is 4.83. The molecule has 0 N–H and O–H groups in total. The number of anilines is 1. The van der Waals surface area contributed by atoms with E-state index in [0.29, 0.717) is 17.0 Å². The molecule has 34 heavy (non-hydrogen) atoms. The maximum atomic E-state index is 13.6. The van der Waals surface area contributed by atoms with Crippen LogP contribution in [0.5, 0.6) is 5.75 Å². The summed E-state index contributed by atoms with van der Waals surface area (Å²) in [6.07, 6.45) is 3.93. The van der Waals surface area contributed by atoms with Crippen molar-refractivity contribution in [1.82, 2.24) is 4.90 Å². The zero-order valence-corrected chi connectivity index (χ0v) is 20.2. The molecule has 1 atom stereocenters. The highest BCUT2D eigenvalue weighted by Crippen LogP contribution is 2.42. The predicted molar refractivity (Wildman–Crippen MR) is 132 cm³/mol. The number of amides is 1. The van der Waals surface area contributed by atoms with Gasteiger partial charge >= 0.3 is 0 Å². The number of nitrogens with zero attached hydrogens (tertiary/aromatic N) is 2. The largest absolute Gasteiger partial charge is 0.495 e. The number of ether oxygens (including phenoxy) is 1. The van der Waals surface area contributed by atoms with E-state index in [1.165, 1.54) is 41.7 Å². The third-order valence-corrected chi connectivity index (χ3v) is 8.58. The van der Waals surface area contributed by atoms with Crippen molar-refractivity contribution in [3.63, 3.8) is 0 Å². The molecule has 0 bridgehead atoms. The maximum Gasteiger partial charge on any atom is 0.264 e. The SMILES string of the molecule is COc1ccccc1N(C)S(=O)(=O)c1ccc(C(=O)N(C2CC2)C2CCc3ccccc32)cc1. The smallest absolute Gasteiger partial charge is 0.264 e. The summed E-state index contributed by atoms with van der Waals surface area (Å²) in [7, 11) is -0.812. The van der Waals surface area contributed by atoms with Crippen LogP contribution in [-0.4, -0.2) is 39.4 Å². The van der Waals surface area contributed by atoms with Crippen LogP contribution in [0, 0.1) is 0 Å². The van der Waals surface area contributed by atoms with E-state index < -0.39 is 10.0 Å². The lowest BCUT2D eigenvalue weighted by Gasteiger charge is -2.30. The van der Waals surface area contributed by atoms with Gasteiger partial charge in [0.15, 0.2) is 0 Å². The zero-order chi connectivity index (χ0) is 23.9. The second-order valence-electron chi connectivity index (χ2n) is 8.87. The van der Waals surface area contributed by atoms with Gasteiger partial charge in [-0.2, -0.15) is 0 Å². The van der Waals surface area contributed by atoms with Crippen molar-refractivity contribution in [3.05, 3.63) is 89.5 Å². The number of rotatable bonds is 7. The zero-order valence-electron chi connectivity index (χ0n) is 19.3. The summed E-state index contributed by atoms with van der Waals surface area (Å²) < 4.78 is 33.0. The number of hydrogen-bond donors (Lipinski definition) is 0. The number of para-hydroxylation sites is 2. The average Bonchev–Trinajstić information content (AvgIpc) is 3.62. The number of carbonyl (C=O) groups is 1. The summed E-state index contributed by atoms with van der Waals surface area (Å²) >= 11 is 0. The van der Waals surface area contributed by atoms with Gasteiger partial charge in [0.25, 0.3) is 15.9 Å². The first kappa shape index (κ1) is 22.5. The molecule has 1 unspecified atom stereocenters. The lowest BCUT2D eigenvalue weighted by molar-refractivity contribution is 0.0658. The summed E-state index contributed by atoms with van der Waals surface area (Å²) in [5.74, 6) is 0.434. The quantitative estimate of drug-likeness (QED) is 0.491. The van der Waals surface area contributed by atoms with E-state index in [2.05, 4.69) is 12.1 Å². The van der Waals surface area contributed by atoms with Crippen LogP contribution in [0.1, 0.15) is 46.8 Å². The Morgan fingerprint density at radius 3 is 2.29 bits per heavy atom. The van der Waals surface area contributed by atoms with Gasteiger partial charge in [0.05, 0.1) is 23.7 Å². The number of hydrogen-bond acceptors (Lipinski definition) is 4. The van der Waals surface area contributed by atoms with Gasteiger partial charge in [-0.25, -0.2) is 8.42 Å². The Bertz CT molecular complexity index is 1320. The summed E-state index contributed by atoms with van der Waals surface area (Å²) in [4.78, 5) is 15.7. The van der Waals surface area contributed by atoms with Crippen LogP contribution in [0.15, 0.2) is 77.7 Å². The average molecular weight is 477 g/mol. The van der Waals surface area contributed by atoms with Crippen molar-refractivity contribution in [1.29, 1.82) is 0 Å². The Hall–Kier alpha value is -3.32. The second-order valence-corrected chi connectivity index (χ2v) is 10.8. The molecule has 7 heteroatoms. The molecule has 0 aliphatic heterocycles. The Labute approximate surface area is 200 Å². The van der Waals surface area contributed by atoms with Gasteiger partial charge in [-0.1, -0.05) is 36.4 Å². The fraction of sp³-hybridized carbons (Fsp3) is 0.296. The number of sulfonamides is 1. The van der Waals surface area contributed by atoms with Crippen molar-refractivity contribution < 1.29 is 17.9 Å². The first-order valence-electron chi connectivity index (χ1n) is 11.5. The highest BCUT2D eigenvalue weighted by Gasteiger charge is 2.40. The molecular formula is C27H28N2O4S. The molecule has 0 heterocycles. The molecule has 0 radical (unpaired) electrons. The van der Waals surface area contributed by atoms with E-state index in [-0.39, 0.29) is 22.9 Å². The molecule has 5 rings (SSSR count). The minimum absolute atomic E-state index is 0.0359. The fourth-order valence-corrected chi connectivity index (χ4v) is 6.04. The van der Waals surface area contributed by atoms with E-state index in [0.717, 1.165) is 25.7 Å². The van der Waals surface area contributed by atoms with Crippen molar-refractivity contribution in [3.8, 4) is 5.75 Å². The number of carbonyl (C=O) groups excluding carboxylic acids is 1. The summed E-state index contributed by atoms with van der Waals surface area (Å²) in [5, 5.41) is 0. The Morgan fingerprint density at radius 1 is 0.912 bits per heavy atom. The molecule has 0 aromatic heterocycles. The van der Waals surface area contributed by atoms with Gasteiger partial charge < -0.3 is 9.64 Å². The molecule has 2 aliphatic carbocycles. The second kappa shape index (κ2) is 8.80. The van der Waals surface area contributed by atoms with Gasteiger partial charge in [-0.3, -0.25) is 9.10 Å². The van der Waals surface area contributed by atoms with Crippen LogP contribution >= 0.6 is 0 Å². The van der Waals surface area contributed by atoms with Crippen molar-refractivity contribution in [2.24, 2.45) is 0 Å². The van der Waals surface area contributed by atoms with E-state index in [1.807, 2.05) is 17.0 Å². The number of methoxy groups -OCH3 is 1. The highest BCUT2D eigenvalue weighted by atomic mass is 32.2. The van der Waals surface area contributed by atoms with Crippen molar-refractivity contribution in [2.75, 3.05) is 18.5 Å².